The van der Waals surface area contributed by atoms with Crippen LogP contribution in [0.5, 0.6) is 0 Å². The molecule has 1 heterocycles. The van der Waals surface area contributed by atoms with E-state index in [2.05, 4.69) is 20.7 Å². The van der Waals surface area contributed by atoms with Crippen molar-refractivity contribution in [2.75, 3.05) is 5.73 Å². The van der Waals surface area contributed by atoms with Crippen LogP contribution in [0.15, 0.2) is 24.4 Å². The molecule has 1 aromatic heterocycles. The van der Waals surface area contributed by atoms with E-state index in [1.54, 1.807) is 0 Å². The molecule has 0 fully saturated rings. The number of benzene rings is 1. The van der Waals surface area contributed by atoms with Crippen molar-refractivity contribution in [3.63, 3.8) is 0 Å². The maximum absolute atomic E-state index is 11.9. The lowest BCUT2D eigenvalue weighted by Crippen LogP contribution is -2.27. The van der Waals surface area contributed by atoms with Crippen LogP contribution in [-0.2, 0) is 6.42 Å². The van der Waals surface area contributed by atoms with Gasteiger partial charge in [-0.15, -0.1) is 0 Å². The highest BCUT2D eigenvalue weighted by Gasteiger charge is 2.24. The standard InChI is InChI=1S/C12H13N5O/c13-8-2-3-9-7(5-8)1-4-10(9)15-12(18)11-6-14-17-16-11/h2-3,5-6,10H,1,4,13H2,(H,15,18)(H,14,16,17). The Kier molecular flexibility index (Phi) is 2.47. The fourth-order valence-electron chi connectivity index (χ4n) is 2.33. The first-order valence-electron chi connectivity index (χ1n) is 5.79. The highest BCUT2D eigenvalue weighted by Crippen LogP contribution is 2.32. The van der Waals surface area contributed by atoms with Gasteiger partial charge in [0.05, 0.1) is 12.2 Å². The molecule has 6 nitrogen and oxygen atoms in total. The lowest BCUT2D eigenvalue weighted by atomic mass is 10.1. The molecule has 3 rings (SSSR count). The van der Waals surface area contributed by atoms with Crippen molar-refractivity contribution in [3.8, 4) is 0 Å². The lowest BCUT2D eigenvalue weighted by Gasteiger charge is -2.13. The Morgan fingerprint density at radius 3 is 3.17 bits per heavy atom. The predicted molar refractivity (Wildman–Crippen MR) is 65.8 cm³/mol. The van der Waals surface area contributed by atoms with Gasteiger partial charge >= 0.3 is 0 Å². The molecule has 18 heavy (non-hydrogen) atoms. The van der Waals surface area contributed by atoms with Gasteiger partial charge in [-0.05, 0) is 36.1 Å². The van der Waals surface area contributed by atoms with E-state index in [-0.39, 0.29) is 11.9 Å². The molecule has 0 spiro atoms. The van der Waals surface area contributed by atoms with E-state index in [1.807, 2.05) is 18.2 Å². The third kappa shape index (κ3) is 1.81. The Morgan fingerprint density at radius 1 is 1.50 bits per heavy atom. The molecule has 6 heteroatoms. The number of H-pyrrole nitrogens is 1. The van der Waals surface area contributed by atoms with Crippen LogP contribution in [0.25, 0.3) is 0 Å². The number of nitrogens with zero attached hydrogens (tertiary/aromatic N) is 2. The molecule has 1 aromatic carbocycles. The number of carbonyl (C=O) groups excluding carboxylic acids is 1. The number of nitrogens with one attached hydrogen (secondary N) is 2. The van der Waals surface area contributed by atoms with Crippen molar-refractivity contribution in [1.29, 1.82) is 0 Å². The molecule has 1 aliphatic rings. The van der Waals surface area contributed by atoms with E-state index < -0.39 is 0 Å². The van der Waals surface area contributed by atoms with Crippen molar-refractivity contribution < 1.29 is 4.79 Å². The van der Waals surface area contributed by atoms with Gasteiger partial charge in [-0.3, -0.25) is 4.79 Å². The summed E-state index contributed by atoms with van der Waals surface area (Å²) in [5, 5.41) is 12.8. The Morgan fingerprint density at radius 2 is 2.39 bits per heavy atom. The first-order valence-corrected chi connectivity index (χ1v) is 5.79. The molecule has 0 radical (unpaired) electrons. The van der Waals surface area contributed by atoms with Gasteiger partial charge in [-0.25, -0.2) is 0 Å². The Bertz CT molecular complexity index is 578. The zero-order valence-corrected chi connectivity index (χ0v) is 9.68. The van der Waals surface area contributed by atoms with Gasteiger partial charge in [0.25, 0.3) is 5.91 Å². The molecule has 2 aromatic rings. The monoisotopic (exact) mass is 243 g/mol. The quantitative estimate of drug-likeness (QED) is 0.680. The molecular weight excluding hydrogens is 230 g/mol. The van der Waals surface area contributed by atoms with Crippen LogP contribution in [0.1, 0.15) is 34.1 Å². The minimum absolute atomic E-state index is 0.0322. The third-order valence-electron chi connectivity index (χ3n) is 3.20. The van der Waals surface area contributed by atoms with E-state index in [4.69, 9.17) is 5.73 Å². The number of nitrogen functional groups attached to an aromatic ring is 1. The normalized spacial score (nSPS) is 17.4. The molecule has 1 aliphatic carbocycles. The largest absolute Gasteiger partial charge is 0.399 e. The molecule has 1 atom stereocenters. The molecule has 0 saturated heterocycles. The van der Waals surface area contributed by atoms with Crippen molar-refractivity contribution >= 4 is 11.6 Å². The van der Waals surface area contributed by atoms with Gasteiger partial charge in [0.2, 0.25) is 0 Å². The average Bonchev–Trinajstić information content (AvgIpc) is 2.98. The fourth-order valence-corrected chi connectivity index (χ4v) is 2.33. The molecule has 0 bridgehead atoms. The van der Waals surface area contributed by atoms with Gasteiger partial charge < -0.3 is 11.1 Å². The van der Waals surface area contributed by atoms with Crippen LogP contribution in [-0.4, -0.2) is 21.3 Å². The molecule has 1 amide bonds. The second kappa shape index (κ2) is 4.14. The van der Waals surface area contributed by atoms with Crippen molar-refractivity contribution in [2.45, 2.75) is 18.9 Å². The second-order valence-electron chi connectivity index (χ2n) is 4.38. The number of rotatable bonds is 2. The molecular formula is C12H13N5O. The van der Waals surface area contributed by atoms with Gasteiger partial charge in [-0.1, -0.05) is 6.07 Å². The van der Waals surface area contributed by atoms with Crippen molar-refractivity contribution in [1.82, 2.24) is 20.7 Å². The van der Waals surface area contributed by atoms with E-state index >= 15 is 0 Å². The minimum Gasteiger partial charge on any atom is -0.399 e. The summed E-state index contributed by atoms with van der Waals surface area (Å²) in [6, 6.07) is 5.84. The second-order valence-corrected chi connectivity index (χ2v) is 4.38. The Balaban J connectivity index is 1.79. The van der Waals surface area contributed by atoms with E-state index in [0.29, 0.717) is 5.69 Å². The van der Waals surface area contributed by atoms with Gasteiger partial charge in [0, 0.05) is 5.69 Å². The van der Waals surface area contributed by atoms with E-state index in [1.165, 1.54) is 11.8 Å². The van der Waals surface area contributed by atoms with E-state index in [9.17, 15) is 4.79 Å². The number of aromatic amines is 1. The average molecular weight is 243 g/mol. The van der Waals surface area contributed by atoms with Crippen molar-refractivity contribution in [3.05, 3.63) is 41.2 Å². The summed E-state index contributed by atoms with van der Waals surface area (Å²) >= 11 is 0. The van der Waals surface area contributed by atoms with Crippen LogP contribution in [0, 0.1) is 0 Å². The number of fused-ring (bicyclic) bond motifs is 1. The number of amides is 1. The minimum atomic E-state index is -0.210. The van der Waals surface area contributed by atoms with Crippen LogP contribution < -0.4 is 11.1 Å². The van der Waals surface area contributed by atoms with Crippen LogP contribution in [0.4, 0.5) is 5.69 Å². The lowest BCUT2D eigenvalue weighted by molar-refractivity contribution is 0.0931. The molecule has 1 unspecified atom stereocenters. The van der Waals surface area contributed by atoms with Crippen LogP contribution in [0.3, 0.4) is 0 Å². The first kappa shape index (κ1) is 10.8. The maximum Gasteiger partial charge on any atom is 0.273 e. The zero-order chi connectivity index (χ0) is 12.5. The molecule has 0 saturated carbocycles. The van der Waals surface area contributed by atoms with Gasteiger partial charge in [-0.2, -0.15) is 15.4 Å². The summed E-state index contributed by atoms with van der Waals surface area (Å²) in [6.45, 7) is 0. The number of anilines is 1. The number of hydrogen-bond donors (Lipinski definition) is 3. The number of carbonyl (C=O) groups is 1. The Labute approximate surface area is 104 Å². The summed E-state index contributed by atoms with van der Waals surface area (Å²) in [6.07, 6.45) is 3.24. The first-order chi connectivity index (χ1) is 8.74. The molecule has 92 valence electrons. The van der Waals surface area contributed by atoms with Crippen LogP contribution >= 0.6 is 0 Å². The maximum atomic E-state index is 11.9. The highest BCUT2D eigenvalue weighted by atomic mass is 16.2. The van der Waals surface area contributed by atoms with Crippen molar-refractivity contribution in [2.24, 2.45) is 0 Å². The number of aryl methyl sites for hydroxylation is 1. The summed E-state index contributed by atoms with van der Waals surface area (Å²) < 4.78 is 0. The summed E-state index contributed by atoms with van der Waals surface area (Å²) in [5.41, 5.74) is 9.16. The number of nitrogens with two attached hydrogens (primary N) is 1. The summed E-state index contributed by atoms with van der Waals surface area (Å²) in [5.74, 6) is -0.210. The zero-order valence-electron chi connectivity index (χ0n) is 9.68. The number of aromatic nitrogens is 3. The molecule has 4 N–H and O–H groups in total. The Hall–Kier alpha value is -2.37. The molecule has 0 aliphatic heterocycles. The summed E-state index contributed by atoms with van der Waals surface area (Å²) in [7, 11) is 0. The summed E-state index contributed by atoms with van der Waals surface area (Å²) in [4.78, 5) is 11.9. The van der Waals surface area contributed by atoms with E-state index in [0.717, 1.165) is 24.1 Å². The van der Waals surface area contributed by atoms with Crippen LogP contribution in [0.2, 0.25) is 0 Å². The SMILES string of the molecule is Nc1ccc2c(c1)CCC2NC(=O)c1cn[nH]n1. The fraction of sp³-hybridized carbons (Fsp3) is 0.250. The van der Waals surface area contributed by atoms with Gasteiger partial charge in [0.1, 0.15) is 0 Å². The topological polar surface area (TPSA) is 96.7 Å². The smallest absolute Gasteiger partial charge is 0.273 e. The number of hydrogen-bond acceptors (Lipinski definition) is 4. The third-order valence-corrected chi connectivity index (χ3v) is 3.20. The highest BCUT2D eigenvalue weighted by molar-refractivity contribution is 5.92. The predicted octanol–water partition coefficient (Wildman–Crippen LogP) is 0.804. The van der Waals surface area contributed by atoms with Gasteiger partial charge in [0.15, 0.2) is 5.69 Å².